The summed E-state index contributed by atoms with van der Waals surface area (Å²) in [6.07, 6.45) is 1.25. The smallest absolute Gasteiger partial charge is 0.123 e. The van der Waals surface area contributed by atoms with Gasteiger partial charge in [-0.1, -0.05) is 65.7 Å². The Kier molecular flexibility index (Phi) is 24.7. The van der Waals surface area contributed by atoms with Crippen molar-refractivity contribution in [2.24, 2.45) is 0 Å². The number of hydrogen-bond acceptors (Lipinski definition) is 0. The van der Waals surface area contributed by atoms with Crippen LogP contribution in [-0.2, 0) is 0 Å². The molecule has 0 saturated carbocycles. The molecule has 0 spiro atoms. The molecule has 0 aliphatic rings. The van der Waals surface area contributed by atoms with E-state index < -0.39 is 0 Å². The maximum Gasteiger partial charge on any atom is 0.123 e. The van der Waals surface area contributed by atoms with Gasteiger partial charge in [0.15, 0.2) is 0 Å². The molecule has 0 aliphatic carbocycles. The molecule has 1 rings (SSSR count). The van der Waals surface area contributed by atoms with Crippen molar-refractivity contribution in [3.63, 3.8) is 0 Å². The molecule has 15 heavy (non-hydrogen) atoms. The molecule has 90 valence electrons. The third-order valence-corrected chi connectivity index (χ3v) is 1.01. The molecule has 1 aromatic rings. The largest absolute Gasteiger partial charge is 0.207 e. The average Bonchev–Trinajstić information content (AvgIpc) is 2.29. The van der Waals surface area contributed by atoms with Gasteiger partial charge in [-0.2, -0.15) is 0 Å². The van der Waals surface area contributed by atoms with E-state index in [1.807, 2.05) is 34.6 Å². The Morgan fingerprint density at radius 3 is 1.33 bits per heavy atom. The number of aryl methyl sites for hydroxylation is 1. The van der Waals surface area contributed by atoms with Crippen molar-refractivity contribution >= 4 is 0 Å². The van der Waals surface area contributed by atoms with Crippen LogP contribution in [0.4, 0.5) is 4.39 Å². The van der Waals surface area contributed by atoms with Crippen LogP contribution in [0.15, 0.2) is 24.3 Å². The Balaban J connectivity index is -0.000000176. The van der Waals surface area contributed by atoms with E-state index in [9.17, 15) is 4.39 Å². The van der Waals surface area contributed by atoms with Crippen molar-refractivity contribution < 1.29 is 4.39 Å². The second kappa shape index (κ2) is 18.8. The standard InChI is InChI=1S/C7H7F.C3H8.2C2H6/c1-6-2-4-7(8)5-3-6;1-3-2;2*1-2/h2-5H,1H3;3H2,1-2H3;2*1-2H3. The first-order valence-electron chi connectivity index (χ1n) is 5.92. The molecule has 0 saturated heterocycles. The fourth-order valence-electron chi connectivity index (χ4n) is 0.533. The number of hydrogen-bond donors (Lipinski definition) is 0. The summed E-state index contributed by atoms with van der Waals surface area (Å²) in [5.74, 6) is -0.171. The van der Waals surface area contributed by atoms with Crippen molar-refractivity contribution in [1.82, 2.24) is 0 Å². The Bertz CT molecular complexity index is 156. The number of rotatable bonds is 0. The first-order chi connectivity index (χ1) is 7.20. The fraction of sp³-hybridized carbons (Fsp3) is 0.571. The highest BCUT2D eigenvalue weighted by Gasteiger charge is 1.83. The van der Waals surface area contributed by atoms with Crippen molar-refractivity contribution in [2.45, 2.75) is 54.9 Å². The van der Waals surface area contributed by atoms with E-state index in [0.29, 0.717) is 0 Å². The number of benzene rings is 1. The second-order valence-electron chi connectivity index (χ2n) is 2.50. The summed E-state index contributed by atoms with van der Waals surface area (Å²) in [6.45, 7) is 14.2. The van der Waals surface area contributed by atoms with E-state index in [4.69, 9.17) is 0 Å². The van der Waals surface area contributed by atoms with Crippen molar-refractivity contribution in [3.8, 4) is 0 Å². The molecule has 0 amide bonds. The van der Waals surface area contributed by atoms with Gasteiger partial charge in [0.05, 0.1) is 0 Å². The Labute approximate surface area is 95.5 Å². The second-order valence-corrected chi connectivity index (χ2v) is 2.50. The molecule has 1 aromatic carbocycles. The topological polar surface area (TPSA) is 0 Å². The quantitative estimate of drug-likeness (QED) is 0.527. The van der Waals surface area contributed by atoms with E-state index in [2.05, 4.69) is 13.8 Å². The maximum atomic E-state index is 12.1. The molecular weight excluding hydrogens is 187 g/mol. The predicted octanol–water partition coefficient (Wildman–Crippen LogP) is 5.60. The number of halogens is 1. The van der Waals surface area contributed by atoms with Crippen LogP contribution in [0, 0.1) is 12.7 Å². The summed E-state index contributed by atoms with van der Waals surface area (Å²) < 4.78 is 12.1. The Morgan fingerprint density at radius 1 is 0.867 bits per heavy atom. The van der Waals surface area contributed by atoms with Crippen LogP contribution in [0.25, 0.3) is 0 Å². The first-order valence-corrected chi connectivity index (χ1v) is 5.92. The van der Waals surface area contributed by atoms with E-state index in [1.54, 1.807) is 12.1 Å². The zero-order valence-corrected chi connectivity index (χ0v) is 11.4. The van der Waals surface area contributed by atoms with Gasteiger partial charge in [-0.05, 0) is 19.1 Å². The van der Waals surface area contributed by atoms with Gasteiger partial charge in [-0.15, -0.1) is 0 Å². The Morgan fingerprint density at radius 2 is 1.13 bits per heavy atom. The summed E-state index contributed by atoms with van der Waals surface area (Å²) in [4.78, 5) is 0. The molecule has 0 fully saturated rings. The van der Waals surface area contributed by atoms with Gasteiger partial charge >= 0.3 is 0 Å². The monoisotopic (exact) mass is 214 g/mol. The molecule has 0 aromatic heterocycles. The van der Waals surface area contributed by atoms with E-state index in [0.717, 1.165) is 5.56 Å². The first kappa shape index (κ1) is 19.7. The summed E-state index contributed by atoms with van der Waals surface area (Å²) in [6, 6.07) is 6.40. The van der Waals surface area contributed by atoms with Gasteiger partial charge in [0.1, 0.15) is 5.82 Å². The Hall–Kier alpha value is -0.850. The molecule has 0 nitrogen and oxygen atoms in total. The van der Waals surface area contributed by atoms with Crippen LogP contribution < -0.4 is 0 Å². The zero-order chi connectivity index (χ0) is 12.7. The third-order valence-electron chi connectivity index (χ3n) is 1.01. The summed E-state index contributed by atoms with van der Waals surface area (Å²) in [7, 11) is 0. The highest BCUT2D eigenvalue weighted by Crippen LogP contribution is 1.98. The lowest BCUT2D eigenvalue weighted by Gasteiger charge is -1.87. The predicted molar refractivity (Wildman–Crippen MR) is 69.8 cm³/mol. The molecule has 0 atom stereocenters. The molecule has 0 N–H and O–H groups in total. The van der Waals surface area contributed by atoms with Gasteiger partial charge in [-0.25, -0.2) is 4.39 Å². The van der Waals surface area contributed by atoms with Crippen molar-refractivity contribution in [3.05, 3.63) is 35.6 Å². The molecule has 1 heteroatoms. The van der Waals surface area contributed by atoms with Crippen LogP contribution in [0.1, 0.15) is 53.5 Å². The molecule has 0 unspecified atom stereocenters. The van der Waals surface area contributed by atoms with Gasteiger partial charge in [-0.3, -0.25) is 0 Å². The van der Waals surface area contributed by atoms with Crippen molar-refractivity contribution in [1.29, 1.82) is 0 Å². The molecule has 0 aliphatic heterocycles. The van der Waals surface area contributed by atoms with Gasteiger partial charge in [0.2, 0.25) is 0 Å². The highest BCUT2D eigenvalue weighted by molar-refractivity contribution is 5.13. The average molecular weight is 214 g/mol. The highest BCUT2D eigenvalue weighted by atomic mass is 19.1. The minimum Gasteiger partial charge on any atom is -0.207 e. The van der Waals surface area contributed by atoms with Crippen LogP contribution >= 0.6 is 0 Å². The summed E-state index contributed by atoms with van der Waals surface area (Å²) in [5.41, 5.74) is 1.09. The summed E-state index contributed by atoms with van der Waals surface area (Å²) >= 11 is 0. The summed E-state index contributed by atoms with van der Waals surface area (Å²) in [5, 5.41) is 0. The third kappa shape index (κ3) is 19.5. The van der Waals surface area contributed by atoms with Crippen LogP contribution in [0.5, 0.6) is 0 Å². The van der Waals surface area contributed by atoms with Crippen LogP contribution in [0.3, 0.4) is 0 Å². The van der Waals surface area contributed by atoms with E-state index in [-0.39, 0.29) is 5.82 Å². The SMILES string of the molecule is CC.CC.CCC.Cc1ccc(F)cc1. The lowest BCUT2D eigenvalue weighted by Crippen LogP contribution is -1.71. The molecular formula is C14H27F. The molecule has 0 bridgehead atoms. The zero-order valence-electron chi connectivity index (χ0n) is 11.4. The van der Waals surface area contributed by atoms with Crippen molar-refractivity contribution in [2.75, 3.05) is 0 Å². The van der Waals surface area contributed by atoms with Crippen LogP contribution in [0.2, 0.25) is 0 Å². The van der Waals surface area contributed by atoms with E-state index >= 15 is 0 Å². The normalized spacial score (nSPS) is 6.93. The lowest BCUT2D eigenvalue weighted by molar-refractivity contribution is 0.627. The van der Waals surface area contributed by atoms with Gasteiger partial charge < -0.3 is 0 Å². The minimum atomic E-state index is -0.171. The fourth-order valence-corrected chi connectivity index (χ4v) is 0.533. The molecule has 0 heterocycles. The molecule has 0 radical (unpaired) electrons. The maximum absolute atomic E-state index is 12.1. The lowest BCUT2D eigenvalue weighted by atomic mass is 10.2. The van der Waals surface area contributed by atoms with Gasteiger partial charge in [0, 0.05) is 0 Å². The van der Waals surface area contributed by atoms with Gasteiger partial charge in [0.25, 0.3) is 0 Å². The van der Waals surface area contributed by atoms with E-state index in [1.165, 1.54) is 18.6 Å². The van der Waals surface area contributed by atoms with Crippen LogP contribution in [-0.4, -0.2) is 0 Å². The minimum absolute atomic E-state index is 0.171.